The van der Waals surface area contributed by atoms with Gasteiger partial charge in [0.2, 0.25) is 0 Å². The molecular formula is C17H14N2O3S. The number of nitrogens with zero attached hydrogens (tertiary/aromatic N) is 1. The number of nitrogens with one attached hydrogen (secondary N) is 1. The third-order valence-electron chi connectivity index (χ3n) is 3.53. The van der Waals surface area contributed by atoms with E-state index in [1.165, 1.54) is 17.4 Å². The van der Waals surface area contributed by atoms with Gasteiger partial charge in [-0.2, -0.15) is 0 Å². The van der Waals surface area contributed by atoms with Crippen molar-refractivity contribution < 1.29 is 14.4 Å². The van der Waals surface area contributed by atoms with Crippen LogP contribution in [0.15, 0.2) is 47.4 Å². The third kappa shape index (κ3) is 2.93. The van der Waals surface area contributed by atoms with Crippen molar-refractivity contribution in [1.82, 2.24) is 5.32 Å². The van der Waals surface area contributed by atoms with Crippen LogP contribution in [-0.2, 0) is 16.0 Å². The summed E-state index contributed by atoms with van der Waals surface area (Å²) in [6, 6.07) is 10.0. The lowest BCUT2D eigenvalue weighted by Crippen LogP contribution is -2.54. The minimum absolute atomic E-state index is 0.0494. The van der Waals surface area contributed by atoms with Crippen molar-refractivity contribution in [3.8, 4) is 0 Å². The maximum absolute atomic E-state index is 12.6. The van der Waals surface area contributed by atoms with Crippen LogP contribution in [0.25, 0.3) is 6.08 Å². The standard InChI is InChI=1S/C17H14N2O3S/c1-2-11-5-7-12(8-6-11)19-16(21)14(15(20)18-17(19)22)10-13-4-3-9-23-13/h3-10H,2H2,1H3,(H,18,20,22)/b14-10+. The molecule has 1 N–H and O–H groups in total. The number of carbonyl (C=O) groups is 3. The number of anilines is 1. The van der Waals surface area contributed by atoms with E-state index in [-0.39, 0.29) is 5.57 Å². The minimum Gasteiger partial charge on any atom is -0.273 e. The lowest BCUT2D eigenvalue weighted by Gasteiger charge is -2.26. The van der Waals surface area contributed by atoms with E-state index < -0.39 is 17.8 Å². The normalized spacial score (nSPS) is 16.8. The summed E-state index contributed by atoms with van der Waals surface area (Å²) < 4.78 is 0. The number of rotatable bonds is 3. The fourth-order valence-corrected chi connectivity index (χ4v) is 2.95. The quantitative estimate of drug-likeness (QED) is 0.696. The summed E-state index contributed by atoms with van der Waals surface area (Å²) in [7, 11) is 0. The third-order valence-corrected chi connectivity index (χ3v) is 4.35. The molecule has 0 unspecified atom stereocenters. The molecule has 116 valence electrons. The second kappa shape index (κ2) is 6.18. The average Bonchev–Trinajstić information content (AvgIpc) is 3.05. The van der Waals surface area contributed by atoms with Crippen LogP contribution in [0.1, 0.15) is 17.4 Å². The van der Waals surface area contributed by atoms with Gasteiger partial charge >= 0.3 is 6.03 Å². The van der Waals surface area contributed by atoms with E-state index in [2.05, 4.69) is 5.32 Å². The fraction of sp³-hybridized carbons (Fsp3) is 0.118. The van der Waals surface area contributed by atoms with Gasteiger partial charge in [-0.3, -0.25) is 14.9 Å². The molecule has 0 radical (unpaired) electrons. The second-order valence-electron chi connectivity index (χ2n) is 4.99. The molecule has 5 nitrogen and oxygen atoms in total. The van der Waals surface area contributed by atoms with Crippen LogP contribution in [0.3, 0.4) is 0 Å². The molecule has 1 aliphatic heterocycles. The highest BCUT2D eigenvalue weighted by Crippen LogP contribution is 2.23. The molecule has 1 aliphatic rings. The van der Waals surface area contributed by atoms with Crippen LogP contribution < -0.4 is 10.2 Å². The number of amides is 4. The highest BCUT2D eigenvalue weighted by atomic mass is 32.1. The number of aryl methyl sites for hydroxylation is 1. The Balaban J connectivity index is 1.98. The number of urea groups is 1. The van der Waals surface area contributed by atoms with Crippen LogP contribution in [0.2, 0.25) is 0 Å². The van der Waals surface area contributed by atoms with Crippen molar-refractivity contribution in [2.24, 2.45) is 0 Å². The summed E-state index contributed by atoms with van der Waals surface area (Å²) in [5.41, 5.74) is 1.49. The van der Waals surface area contributed by atoms with E-state index >= 15 is 0 Å². The first-order chi connectivity index (χ1) is 11.1. The lowest BCUT2D eigenvalue weighted by atomic mass is 10.1. The first-order valence-electron chi connectivity index (χ1n) is 7.14. The molecule has 0 aliphatic carbocycles. The number of thiophene rings is 1. The lowest BCUT2D eigenvalue weighted by molar-refractivity contribution is -0.122. The van der Waals surface area contributed by atoms with Crippen LogP contribution in [0, 0.1) is 0 Å². The largest absolute Gasteiger partial charge is 0.335 e. The molecule has 6 heteroatoms. The fourth-order valence-electron chi connectivity index (χ4n) is 2.29. The number of carbonyl (C=O) groups excluding carboxylic acids is 3. The van der Waals surface area contributed by atoms with Gasteiger partial charge in [-0.1, -0.05) is 25.1 Å². The van der Waals surface area contributed by atoms with Gasteiger partial charge in [-0.25, -0.2) is 9.69 Å². The molecule has 0 spiro atoms. The molecule has 1 aromatic heterocycles. The highest BCUT2D eigenvalue weighted by Gasteiger charge is 2.36. The van der Waals surface area contributed by atoms with Gasteiger partial charge in [0.05, 0.1) is 5.69 Å². The Labute approximate surface area is 137 Å². The zero-order chi connectivity index (χ0) is 16.4. The summed E-state index contributed by atoms with van der Waals surface area (Å²) in [6.07, 6.45) is 2.37. The van der Waals surface area contributed by atoms with E-state index in [0.717, 1.165) is 21.8 Å². The van der Waals surface area contributed by atoms with Crippen LogP contribution in [-0.4, -0.2) is 17.8 Å². The molecule has 2 heterocycles. The Hall–Kier alpha value is -2.73. The Kier molecular flexibility index (Phi) is 4.08. The van der Waals surface area contributed by atoms with Gasteiger partial charge in [0.15, 0.2) is 0 Å². The molecule has 4 amide bonds. The maximum Gasteiger partial charge on any atom is 0.335 e. The topological polar surface area (TPSA) is 66.5 Å². The number of hydrogen-bond donors (Lipinski definition) is 1. The monoisotopic (exact) mass is 326 g/mol. The molecule has 1 aromatic carbocycles. The van der Waals surface area contributed by atoms with Crippen molar-refractivity contribution in [3.63, 3.8) is 0 Å². The number of hydrogen-bond acceptors (Lipinski definition) is 4. The summed E-state index contributed by atoms with van der Waals surface area (Å²) in [5.74, 6) is -1.29. The first kappa shape index (κ1) is 15.2. The molecule has 3 rings (SSSR count). The van der Waals surface area contributed by atoms with E-state index in [1.54, 1.807) is 18.2 Å². The predicted molar refractivity (Wildman–Crippen MR) is 89.1 cm³/mol. The van der Waals surface area contributed by atoms with Gasteiger partial charge in [0, 0.05) is 4.88 Å². The minimum atomic E-state index is -0.729. The zero-order valence-corrected chi connectivity index (χ0v) is 13.2. The van der Waals surface area contributed by atoms with Crippen molar-refractivity contribution in [2.75, 3.05) is 4.90 Å². The smallest absolute Gasteiger partial charge is 0.273 e. The van der Waals surface area contributed by atoms with E-state index in [9.17, 15) is 14.4 Å². The summed E-state index contributed by atoms with van der Waals surface area (Å²) in [6.45, 7) is 2.02. The molecule has 2 aromatic rings. The van der Waals surface area contributed by atoms with Gasteiger partial charge < -0.3 is 0 Å². The van der Waals surface area contributed by atoms with Crippen molar-refractivity contribution in [2.45, 2.75) is 13.3 Å². The Morgan fingerprint density at radius 1 is 1.13 bits per heavy atom. The van der Waals surface area contributed by atoms with Gasteiger partial charge in [-0.05, 0) is 41.6 Å². The molecule has 1 saturated heterocycles. The van der Waals surface area contributed by atoms with E-state index in [4.69, 9.17) is 0 Å². The van der Waals surface area contributed by atoms with Crippen LogP contribution in [0.5, 0.6) is 0 Å². The number of benzene rings is 1. The first-order valence-corrected chi connectivity index (χ1v) is 8.02. The Morgan fingerprint density at radius 2 is 1.87 bits per heavy atom. The Bertz CT molecular complexity index is 792. The van der Waals surface area contributed by atoms with Gasteiger partial charge in [0.25, 0.3) is 11.8 Å². The van der Waals surface area contributed by atoms with Crippen molar-refractivity contribution in [1.29, 1.82) is 0 Å². The molecule has 1 fully saturated rings. The summed E-state index contributed by atoms with van der Waals surface area (Å²) >= 11 is 1.41. The number of barbiturate groups is 1. The van der Waals surface area contributed by atoms with Gasteiger partial charge in [-0.15, -0.1) is 11.3 Å². The number of imide groups is 2. The molecule has 0 atom stereocenters. The SMILES string of the molecule is CCc1ccc(N2C(=O)NC(=O)/C(=C\c3cccs3)C2=O)cc1. The van der Waals surface area contributed by atoms with Crippen LogP contribution in [0.4, 0.5) is 10.5 Å². The van der Waals surface area contributed by atoms with Gasteiger partial charge in [0.1, 0.15) is 5.57 Å². The van der Waals surface area contributed by atoms with Crippen LogP contribution >= 0.6 is 11.3 Å². The molecular weight excluding hydrogens is 312 g/mol. The van der Waals surface area contributed by atoms with Crippen molar-refractivity contribution in [3.05, 3.63) is 57.8 Å². The van der Waals surface area contributed by atoms with E-state index in [0.29, 0.717) is 5.69 Å². The summed E-state index contributed by atoms with van der Waals surface area (Å²) in [5, 5.41) is 4.06. The molecule has 0 bridgehead atoms. The molecule has 0 saturated carbocycles. The summed E-state index contributed by atoms with van der Waals surface area (Å²) in [4.78, 5) is 38.4. The average molecular weight is 326 g/mol. The zero-order valence-electron chi connectivity index (χ0n) is 12.4. The maximum atomic E-state index is 12.6. The Morgan fingerprint density at radius 3 is 2.48 bits per heavy atom. The van der Waals surface area contributed by atoms with E-state index in [1.807, 2.05) is 30.5 Å². The highest BCUT2D eigenvalue weighted by molar-refractivity contribution is 7.10. The van der Waals surface area contributed by atoms with Crippen molar-refractivity contribution >= 4 is 40.9 Å². The second-order valence-corrected chi connectivity index (χ2v) is 5.97. The molecule has 23 heavy (non-hydrogen) atoms. The predicted octanol–water partition coefficient (Wildman–Crippen LogP) is 2.98.